The number of aromatic nitrogens is 1. The van der Waals surface area contributed by atoms with Crippen molar-refractivity contribution in [2.45, 2.75) is 19.3 Å². The van der Waals surface area contributed by atoms with E-state index < -0.39 is 0 Å². The molecule has 126 valence electrons. The standard InChI is InChI=1S/C18H21N3O2S/c22-17(5-4-16-3-1-14-24-16)20-10-2-11-21(13-12-20)18(23)15-6-8-19-9-7-15/h1,3,6-9,14H,2,4-5,10-13H2. The summed E-state index contributed by atoms with van der Waals surface area (Å²) in [5, 5.41) is 2.04. The SMILES string of the molecule is O=C(CCc1cccs1)N1CCCN(C(=O)c2ccncc2)CC1. The van der Waals surface area contributed by atoms with E-state index in [4.69, 9.17) is 0 Å². The Bertz CT molecular complexity index is 673. The van der Waals surface area contributed by atoms with Gasteiger partial charge in [-0.1, -0.05) is 6.07 Å². The van der Waals surface area contributed by atoms with E-state index in [2.05, 4.69) is 11.1 Å². The van der Waals surface area contributed by atoms with Crippen molar-refractivity contribution in [1.29, 1.82) is 0 Å². The Labute approximate surface area is 145 Å². The Hall–Kier alpha value is -2.21. The summed E-state index contributed by atoms with van der Waals surface area (Å²) < 4.78 is 0. The molecule has 0 saturated carbocycles. The normalized spacial score (nSPS) is 15.2. The van der Waals surface area contributed by atoms with E-state index >= 15 is 0 Å². The molecule has 3 heterocycles. The third kappa shape index (κ3) is 4.20. The quantitative estimate of drug-likeness (QED) is 0.857. The highest BCUT2D eigenvalue weighted by Gasteiger charge is 2.22. The maximum atomic E-state index is 12.5. The van der Waals surface area contributed by atoms with Gasteiger partial charge in [0.2, 0.25) is 5.91 Å². The second kappa shape index (κ2) is 8.06. The van der Waals surface area contributed by atoms with E-state index in [-0.39, 0.29) is 11.8 Å². The van der Waals surface area contributed by atoms with Crippen molar-refractivity contribution >= 4 is 23.2 Å². The topological polar surface area (TPSA) is 53.5 Å². The molecule has 1 saturated heterocycles. The lowest BCUT2D eigenvalue weighted by Crippen LogP contribution is -2.37. The van der Waals surface area contributed by atoms with Crippen LogP contribution in [-0.4, -0.2) is 52.8 Å². The van der Waals surface area contributed by atoms with Gasteiger partial charge in [-0.2, -0.15) is 0 Å². The number of aryl methyl sites for hydroxylation is 1. The Balaban J connectivity index is 1.53. The van der Waals surface area contributed by atoms with Crippen molar-refractivity contribution in [1.82, 2.24) is 14.8 Å². The zero-order valence-electron chi connectivity index (χ0n) is 13.6. The number of thiophene rings is 1. The van der Waals surface area contributed by atoms with Gasteiger partial charge in [-0.05, 0) is 36.4 Å². The van der Waals surface area contributed by atoms with E-state index in [1.165, 1.54) is 4.88 Å². The fourth-order valence-electron chi connectivity index (χ4n) is 2.89. The molecule has 1 aliphatic rings. The average molecular weight is 343 g/mol. The lowest BCUT2D eigenvalue weighted by molar-refractivity contribution is -0.131. The molecule has 0 atom stereocenters. The number of nitrogens with zero attached hydrogens (tertiary/aromatic N) is 3. The van der Waals surface area contributed by atoms with Crippen LogP contribution >= 0.6 is 11.3 Å². The fourth-order valence-corrected chi connectivity index (χ4v) is 3.60. The molecule has 5 nitrogen and oxygen atoms in total. The van der Waals surface area contributed by atoms with Crippen LogP contribution in [0.3, 0.4) is 0 Å². The first kappa shape index (κ1) is 16.6. The van der Waals surface area contributed by atoms with Gasteiger partial charge in [0, 0.05) is 55.4 Å². The van der Waals surface area contributed by atoms with Crippen molar-refractivity contribution in [3.63, 3.8) is 0 Å². The zero-order valence-corrected chi connectivity index (χ0v) is 14.4. The maximum Gasteiger partial charge on any atom is 0.254 e. The van der Waals surface area contributed by atoms with Crippen molar-refractivity contribution in [2.24, 2.45) is 0 Å². The first-order valence-electron chi connectivity index (χ1n) is 8.23. The van der Waals surface area contributed by atoms with E-state index in [0.29, 0.717) is 31.6 Å². The molecule has 2 aromatic heterocycles. The number of amides is 2. The second-order valence-corrected chi connectivity index (χ2v) is 6.87. The summed E-state index contributed by atoms with van der Waals surface area (Å²) in [4.78, 5) is 33.8. The lowest BCUT2D eigenvalue weighted by atomic mass is 10.2. The van der Waals surface area contributed by atoms with Gasteiger partial charge >= 0.3 is 0 Å². The molecule has 1 fully saturated rings. The minimum atomic E-state index is 0.0188. The van der Waals surface area contributed by atoms with Gasteiger partial charge in [0.15, 0.2) is 0 Å². The van der Waals surface area contributed by atoms with E-state index in [1.54, 1.807) is 35.9 Å². The van der Waals surface area contributed by atoms with Crippen molar-refractivity contribution < 1.29 is 9.59 Å². The second-order valence-electron chi connectivity index (χ2n) is 5.84. The third-order valence-electron chi connectivity index (χ3n) is 4.23. The van der Waals surface area contributed by atoms with E-state index in [1.807, 2.05) is 21.2 Å². The third-order valence-corrected chi connectivity index (χ3v) is 5.16. The number of carbonyl (C=O) groups excluding carboxylic acids is 2. The monoisotopic (exact) mass is 343 g/mol. The number of hydrogen-bond acceptors (Lipinski definition) is 4. The summed E-state index contributed by atoms with van der Waals surface area (Å²) in [6.45, 7) is 2.62. The van der Waals surface area contributed by atoms with Crippen LogP contribution in [0.5, 0.6) is 0 Å². The Morgan fingerprint density at radius 1 is 1.04 bits per heavy atom. The molecule has 0 radical (unpaired) electrons. The number of carbonyl (C=O) groups is 2. The summed E-state index contributed by atoms with van der Waals surface area (Å²) in [5.41, 5.74) is 0.655. The molecule has 1 aliphatic heterocycles. The average Bonchev–Trinajstić information content (AvgIpc) is 3.02. The molecule has 6 heteroatoms. The smallest absolute Gasteiger partial charge is 0.254 e. The van der Waals surface area contributed by atoms with Crippen molar-refractivity contribution in [3.05, 3.63) is 52.5 Å². The van der Waals surface area contributed by atoms with Gasteiger partial charge in [0.05, 0.1) is 0 Å². The van der Waals surface area contributed by atoms with Gasteiger partial charge in [0.25, 0.3) is 5.91 Å². The van der Waals surface area contributed by atoms with Gasteiger partial charge in [-0.15, -0.1) is 11.3 Å². The molecule has 0 N–H and O–H groups in total. The van der Waals surface area contributed by atoms with Crippen LogP contribution in [0.15, 0.2) is 42.0 Å². The van der Waals surface area contributed by atoms with Crippen LogP contribution in [0.1, 0.15) is 28.1 Å². The Morgan fingerprint density at radius 2 is 1.79 bits per heavy atom. The highest BCUT2D eigenvalue weighted by Crippen LogP contribution is 2.13. The number of pyridine rings is 1. The number of hydrogen-bond donors (Lipinski definition) is 0. The van der Waals surface area contributed by atoms with Gasteiger partial charge in [-0.3, -0.25) is 14.6 Å². The molecule has 0 spiro atoms. The molecular weight excluding hydrogens is 322 g/mol. The van der Waals surface area contributed by atoms with E-state index in [9.17, 15) is 9.59 Å². The first-order chi connectivity index (χ1) is 11.7. The number of rotatable bonds is 4. The summed E-state index contributed by atoms with van der Waals surface area (Å²) in [5.74, 6) is 0.201. The van der Waals surface area contributed by atoms with Crippen LogP contribution in [0.25, 0.3) is 0 Å². The minimum absolute atomic E-state index is 0.0188. The predicted octanol–water partition coefficient (Wildman–Crippen LogP) is 2.45. The molecule has 0 bridgehead atoms. The Kier molecular flexibility index (Phi) is 5.59. The summed E-state index contributed by atoms with van der Waals surface area (Å²) >= 11 is 1.69. The molecule has 0 aromatic carbocycles. The molecule has 3 rings (SSSR count). The van der Waals surface area contributed by atoms with Crippen molar-refractivity contribution in [2.75, 3.05) is 26.2 Å². The predicted molar refractivity (Wildman–Crippen MR) is 94.0 cm³/mol. The van der Waals surface area contributed by atoms with Gasteiger partial charge in [0.1, 0.15) is 0 Å². The Morgan fingerprint density at radius 3 is 2.54 bits per heavy atom. The lowest BCUT2D eigenvalue weighted by Gasteiger charge is -2.22. The zero-order chi connectivity index (χ0) is 16.8. The van der Waals surface area contributed by atoms with Crippen LogP contribution in [0, 0.1) is 0 Å². The maximum absolute atomic E-state index is 12.5. The molecule has 0 unspecified atom stereocenters. The summed E-state index contributed by atoms with van der Waals surface area (Å²) in [7, 11) is 0. The van der Waals surface area contributed by atoms with Crippen LogP contribution in [-0.2, 0) is 11.2 Å². The fraction of sp³-hybridized carbons (Fsp3) is 0.389. The summed E-state index contributed by atoms with van der Waals surface area (Å²) in [6.07, 6.45) is 5.42. The van der Waals surface area contributed by atoms with Crippen molar-refractivity contribution in [3.8, 4) is 0 Å². The molecule has 0 aliphatic carbocycles. The minimum Gasteiger partial charge on any atom is -0.341 e. The largest absolute Gasteiger partial charge is 0.341 e. The molecule has 2 amide bonds. The molecule has 2 aromatic rings. The molecular formula is C18H21N3O2S. The highest BCUT2D eigenvalue weighted by molar-refractivity contribution is 7.09. The summed E-state index contributed by atoms with van der Waals surface area (Å²) in [6, 6.07) is 7.54. The molecule has 24 heavy (non-hydrogen) atoms. The van der Waals surface area contributed by atoms with E-state index in [0.717, 1.165) is 19.4 Å². The van der Waals surface area contributed by atoms with Crippen LogP contribution in [0.2, 0.25) is 0 Å². The van der Waals surface area contributed by atoms with Gasteiger partial charge in [-0.25, -0.2) is 0 Å². The van der Waals surface area contributed by atoms with Gasteiger partial charge < -0.3 is 9.80 Å². The highest BCUT2D eigenvalue weighted by atomic mass is 32.1. The van der Waals surface area contributed by atoms with Crippen LogP contribution in [0.4, 0.5) is 0 Å². The first-order valence-corrected chi connectivity index (χ1v) is 9.11. The van der Waals surface area contributed by atoms with Crippen LogP contribution < -0.4 is 0 Å².